The molecule has 11 atom stereocenters. The van der Waals surface area contributed by atoms with Crippen molar-refractivity contribution in [3.8, 4) is 0 Å². The van der Waals surface area contributed by atoms with E-state index < -0.39 is 112 Å². The van der Waals surface area contributed by atoms with E-state index in [1.807, 2.05) is 6.07 Å². The fourth-order valence-corrected chi connectivity index (χ4v) is 11.2. The molecule has 2 saturated carbocycles. The van der Waals surface area contributed by atoms with Crippen molar-refractivity contribution < 1.29 is 67.0 Å². The number of rotatable bonds is 8. The Morgan fingerprint density at radius 3 is 2.05 bits per heavy atom. The van der Waals surface area contributed by atoms with E-state index in [1.165, 1.54) is 26.0 Å². The van der Waals surface area contributed by atoms with Gasteiger partial charge in [-0.05, 0) is 77.3 Å². The van der Waals surface area contributed by atoms with Gasteiger partial charge in [0.05, 0.1) is 29.6 Å². The zero-order valence-electron chi connectivity index (χ0n) is 38.2. The predicted molar refractivity (Wildman–Crippen MR) is 225 cm³/mol. The van der Waals surface area contributed by atoms with E-state index in [-0.39, 0.29) is 25.0 Å². The van der Waals surface area contributed by atoms with Crippen LogP contribution in [0.5, 0.6) is 0 Å². The van der Waals surface area contributed by atoms with Crippen LogP contribution in [-0.2, 0) is 52.3 Å². The van der Waals surface area contributed by atoms with E-state index in [0.717, 1.165) is 0 Å². The van der Waals surface area contributed by atoms with E-state index >= 15 is 4.79 Å². The third-order valence-electron chi connectivity index (χ3n) is 14.2. The lowest BCUT2D eigenvalue weighted by molar-refractivity contribution is -0.347. The van der Waals surface area contributed by atoms with Crippen LogP contribution in [-0.4, -0.2) is 120 Å². The minimum Gasteiger partial charge on any atom is -0.456 e. The molecule has 0 spiro atoms. The molecular formula is C48H61NO14. The van der Waals surface area contributed by atoms with Crippen LogP contribution in [0.1, 0.15) is 104 Å². The van der Waals surface area contributed by atoms with Gasteiger partial charge in [-0.2, -0.15) is 0 Å². The van der Waals surface area contributed by atoms with Crippen LogP contribution in [0.15, 0.2) is 71.8 Å². The first-order valence-corrected chi connectivity index (χ1v) is 21.5. The van der Waals surface area contributed by atoms with Gasteiger partial charge < -0.3 is 43.0 Å². The largest absolute Gasteiger partial charge is 0.456 e. The summed E-state index contributed by atoms with van der Waals surface area (Å²) >= 11 is 0. The number of nitrogens with zero attached hydrogens (tertiary/aromatic N) is 1. The molecule has 15 heteroatoms. The summed E-state index contributed by atoms with van der Waals surface area (Å²) in [6.07, 6.45) is -8.24. The maximum absolute atomic E-state index is 15.7. The van der Waals surface area contributed by atoms with Crippen molar-refractivity contribution in [1.82, 2.24) is 4.90 Å². The molecule has 2 aromatic rings. The summed E-state index contributed by atoms with van der Waals surface area (Å²) in [6, 6.07) is 16.1. The Labute approximate surface area is 368 Å². The Balaban J connectivity index is 1.40. The smallest absolute Gasteiger partial charge is 0.413 e. The van der Waals surface area contributed by atoms with Crippen LogP contribution in [0, 0.1) is 16.7 Å². The Kier molecular flexibility index (Phi) is 11.8. The molecule has 2 saturated heterocycles. The molecule has 0 radical (unpaired) electrons. The van der Waals surface area contributed by atoms with Gasteiger partial charge in [0.1, 0.15) is 47.4 Å². The molecule has 2 aromatic carbocycles. The zero-order chi connectivity index (χ0) is 46.2. The van der Waals surface area contributed by atoms with Gasteiger partial charge in [-0.1, -0.05) is 62.4 Å². The van der Waals surface area contributed by atoms with Crippen LogP contribution in [0.2, 0.25) is 0 Å². The number of ketones is 1. The summed E-state index contributed by atoms with van der Waals surface area (Å²) in [5.74, 6) is -4.11. The van der Waals surface area contributed by atoms with Gasteiger partial charge in [-0.15, -0.1) is 0 Å². The predicted octanol–water partition coefficient (Wildman–Crippen LogP) is 6.05. The summed E-state index contributed by atoms with van der Waals surface area (Å²) in [5, 5.41) is 13.9. The van der Waals surface area contributed by atoms with Crippen LogP contribution < -0.4 is 0 Å². The Morgan fingerprint density at radius 1 is 0.889 bits per heavy atom. The summed E-state index contributed by atoms with van der Waals surface area (Å²) in [4.78, 5) is 73.5. The van der Waals surface area contributed by atoms with Crippen molar-refractivity contribution in [2.75, 3.05) is 20.8 Å². The number of ether oxygens (including phenoxy) is 8. The summed E-state index contributed by atoms with van der Waals surface area (Å²) in [7, 11) is 2.84. The van der Waals surface area contributed by atoms with Crippen LogP contribution in [0.25, 0.3) is 0 Å². The second-order valence-corrected chi connectivity index (χ2v) is 19.7. The average Bonchev–Trinajstić information content (AvgIpc) is 3.50. The first kappa shape index (κ1) is 46.3. The lowest BCUT2D eigenvalue weighted by Crippen LogP contribution is -2.82. The highest BCUT2D eigenvalue weighted by atomic mass is 16.6. The normalized spacial score (nSPS) is 35.5. The third kappa shape index (κ3) is 7.37. The van der Waals surface area contributed by atoms with E-state index in [2.05, 4.69) is 0 Å². The number of esters is 3. The number of methoxy groups -OCH3 is 2. The van der Waals surface area contributed by atoms with Gasteiger partial charge in [0.25, 0.3) is 0 Å². The van der Waals surface area contributed by atoms with Gasteiger partial charge in [-0.25, -0.2) is 14.4 Å². The van der Waals surface area contributed by atoms with Gasteiger partial charge >= 0.3 is 24.0 Å². The van der Waals surface area contributed by atoms with E-state index in [4.69, 9.17) is 37.9 Å². The molecule has 342 valence electrons. The minimum atomic E-state index is -2.18. The molecule has 3 aliphatic carbocycles. The van der Waals surface area contributed by atoms with Crippen LogP contribution in [0.3, 0.4) is 0 Å². The topological polar surface area (TPSA) is 183 Å². The standard InChI is InChI=1S/C48H61NO14/c1-26-30(59-41(53)36-34(28-19-15-13-16-20-28)49(45(8,9)62-36)42(54)63-43(3,4)5)24-48(55)39(60-40(52)29-21-17-14-18-22-29)37-46(10,38(51)35(57-12)33(26)44(48,6)7)31(56-11)23-32-47(37,25-58-32)61-27(2)50/h13-22,30-32,34-37,39,55H,23-25H2,1-12H3/t30-,31-,32+,34+,35+,36-,37-,39-,46+,47-,48+/m0/s1. The van der Waals surface area contributed by atoms with Gasteiger partial charge in [-0.3, -0.25) is 14.5 Å². The highest BCUT2D eigenvalue weighted by molar-refractivity contribution is 5.94. The van der Waals surface area contributed by atoms with Crippen molar-refractivity contribution >= 4 is 29.8 Å². The Morgan fingerprint density at radius 2 is 1.51 bits per heavy atom. The molecule has 15 nitrogen and oxygen atoms in total. The zero-order valence-corrected chi connectivity index (χ0v) is 38.2. The number of fused-ring (bicyclic) bond motifs is 5. The van der Waals surface area contributed by atoms with Gasteiger partial charge in [0, 0.05) is 39.4 Å². The van der Waals surface area contributed by atoms with Gasteiger partial charge in [0.2, 0.25) is 0 Å². The van der Waals surface area contributed by atoms with Crippen LogP contribution in [0.4, 0.5) is 4.79 Å². The molecule has 1 N–H and O–H groups in total. The molecule has 2 heterocycles. The fourth-order valence-electron chi connectivity index (χ4n) is 11.2. The molecule has 1 amide bonds. The molecular weight excluding hydrogens is 815 g/mol. The first-order chi connectivity index (χ1) is 29.4. The summed E-state index contributed by atoms with van der Waals surface area (Å²) in [5.41, 5.74) is -7.58. The highest BCUT2D eigenvalue weighted by Gasteiger charge is 2.78. The maximum Gasteiger partial charge on any atom is 0.413 e. The molecule has 0 aromatic heterocycles. The van der Waals surface area contributed by atoms with E-state index in [1.54, 1.807) is 117 Å². The SMILES string of the molecule is CO[C@H]1C(=O)[C@]2(C)[C@@H](OC)C[C@H]3OC[C@@]3(OC(C)=O)[C@H]2[C@H](OC(=O)c2ccccc2)[C@]2(O)C[C@H](OC(=O)[C@H]3OC(C)(C)N(C(=O)OC(C)(C)C)[C@@H]3c3ccccc3)C(C)=C1C2(C)C. The van der Waals surface area contributed by atoms with E-state index in [9.17, 15) is 24.3 Å². The van der Waals surface area contributed by atoms with Crippen molar-refractivity contribution in [3.63, 3.8) is 0 Å². The number of benzene rings is 2. The molecule has 4 fully saturated rings. The quantitative estimate of drug-likeness (QED) is 0.184. The molecule has 0 unspecified atom stereocenters. The monoisotopic (exact) mass is 875 g/mol. The van der Waals surface area contributed by atoms with Gasteiger partial charge in [0.15, 0.2) is 17.5 Å². The average molecular weight is 876 g/mol. The maximum atomic E-state index is 15.7. The van der Waals surface area contributed by atoms with Crippen molar-refractivity contribution in [2.45, 2.75) is 147 Å². The third-order valence-corrected chi connectivity index (χ3v) is 14.2. The lowest BCUT2D eigenvalue weighted by Gasteiger charge is -2.67. The number of carbonyl (C=O) groups excluding carboxylic acids is 5. The molecule has 2 bridgehead atoms. The number of hydrogen-bond donors (Lipinski definition) is 1. The van der Waals surface area contributed by atoms with Crippen LogP contribution >= 0.6 is 0 Å². The molecule has 2 aliphatic heterocycles. The molecule has 63 heavy (non-hydrogen) atoms. The summed E-state index contributed by atoms with van der Waals surface area (Å²) in [6.45, 7) is 16.5. The van der Waals surface area contributed by atoms with Crippen molar-refractivity contribution in [2.24, 2.45) is 16.7 Å². The van der Waals surface area contributed by atoms with Crippen molar-refractivity contribution in [3.05, 3.63) is 82.9 Å². The fraction of sp³-hybridized carbons (Fsp3) is 0.604. The van der Waals surface area contributed by atoms with Crippen molar-refractivity contribution in [1.29, 1.82) is 0 Å². The number of hydrogen-bond acceptors (Lipinski definition) is 14. The van der Waals surface area contributed by atoms with E-state index in [0.29, 0.717) is 16.7 Å². The first-order valence-electron chi connectivity index (χ1n) is 21.5. The second-order valence-electron chi connectivity index (χ2n) is 19.7. The lowest BCUT2D eigenvalue weighted by atomic mass is 9.44. The highest BCUT2D eigenvalue weighted by Crippen LogP contribution is 2.65. The number of carbonyl (C=O) groups is 5. The Hall–Kier alpha value is -4.67. The molecule has 7 rings (SSSR count). The second kappa shape index (κ2) is 16.1. The molecule has 5 aliphatic rings. The summed E-state index contributed by atoms with van der Waals surface area (Å²) < 4.78 is 49.8. The Bertz CT molecular complexity index is 2160. The minimum absolute atomic E-state index is 0.138. The number of Topliss-reactive ketones (excluding diaryl/α,β-unsaturated/α-hetero) is 1. The number of aliphatic hydroxyl groups is 1. The number of amides is 1.